The molecule has 0 radical (unpaired) electrons. The van der Waals surface area contributed by atoms with Crippen molar-refractivity contribution in [2.75, 3.05) is 31.1 Å². The SMILES string of the molecule is NCc1ccc(Sc2ccccc2N2CCNCC2)cc1. The molecule has 0 aliphatic carbocycles. The number of hydrogen-bond acceptors (Lipinski definition) is 4. The van der Waals surface area contributed by atoms with Gasteiger partial charge in [-0.2, -0.15) is 0 Å². The molecule has 1 aliphatic rings. The van der Waals surface area contributed by atoms with E-state index < -0.39 is 0 Å². The molecule has 0 spiro atoms. The largest absolute Gasteiger partial charge is 0.368 e. The van der Waals surface area contributed by atoms with E-state index in [1.54, 1.807) is 0 Å². The van der Waals surface area contributed by atoms with Gasteiger partial charge in [0.05, 0.1) is 5.69 Å². The summed E-state index contributed by atoms with van der Waals surface area (Å²) >= 11 is 1.82. The van der Waals surface area contributed by atoms with Gasteiger partial charge in [-0.05, 0) is 29.8 Å². The van der Waals surface area contributed by atoms with Gasteiger partial charge < -0.3 is 16.0 Å². The number of rotatable bonds is 4. The Morgan fingerprint density at radius 1 is 1.00 bits per heavy atom. The monoisotopic (exact) mass is 299 g/mol. The number of benzene rings is 2. The van der Waals surface area contributed by atoms with Gasteiger partial charge in [0.25, 0.3) is 0 Å². The Morgan fingerprint density at radius 3 is 2.43 bits per heavy atom. The molecule has 3 rings (SSSR count). The first-order valence-electron chi connectivity index (χ1n) is 7.38. The summed E-state index contributed by atoms with van der Waals surface area (Å²) in [4.78, 5) is 5.04. The second kappa shape index (κ2) is 6.98. The molecule has 1 heterocycles. The topological polar surface area (TPSA) is 41.3 Å². The lowest BCUT2D eigenvalue weighted by molar-refractivity contribution is 0.587. The van der Waals surface area contributed by atoms with Crippen LogP contribution in [0, 0.1) is 0 Å². The van der Waals surface area contributed by atoms with Crippen LogP contribution in [0.4, 0.5) is 5.69 Å². The molecule has 1 fully saturated rings. The summed E-state index contributed by atoms with van der Waals surface area (Å²) in [5.74, 6) is 0. The van der Waals surface area contributed by atoms with Crippen LogP contribution in [0.1, 0.15) is 5.56 Å². The predicted octanol–water partition coefficient (Wildman–Crippen LogP) is 2.71. The van der Waals surface area contributed by atoms with Gasteiger partial charge in [0.15, 0.2) is 0 Å². The van der Waals surface area contributed by atoms with Crippen molar-refractivity contribution in [3.63, 3.8) is 0 Å². The molecular weight excluding hydrogens is 278 g/mol. The van der Waals surface area contributed by atoms with Gasteiger partial charge in [-0.15, -0.1) is 0 Å². The fourth-order valence-corrected chi connectivity index (χ4v) is 3.51. The minimum absolute atomic E-state index is 0.600. The van der Waals surface area contributed by atoms with Crippen LogP contribution in [-0.4, -0.2) is 26.2 Å². The van der Waals surface area contributed by atoms with Gasteiger partial charge in [-0.3, -0.25) is 0 Å². The van der Waals surface area contributed by atoms with E-state index in [9.17, 15) is 0 Å². The molecule has 4 heteroatoms. The first-order chi connectivity index (χ1) is 10.4. The fourth-order valence-electron chi connectivity index (χ4n) is 2.53. The molecule has 0 bridgehead atoms. The van der Waals surface area contributed by atoms with E-state index in [2.05, 4.69) is 58.7 Å². The van der Waals surface area contributed by atoms with E-state index in [4.69, 9.17) is 5.73 Å². The maximum Gasteiger partial charge on any atom is 0.0508 e. The maximum absolute atomic E-state index is 5.65. The quantitative estimate of drug-likeness (QED) is 0.911. The Hall–Kier alpha value is -1.49. The van der Waals surface area contributed by atoms with Crippen molar-refractivity contribution in [2.45, 2.75) is 16.3 Å². The number of hydrogen-bond donors (Lipinski definition) is 2. The predicted molar refractivity (Wildman–Crippen MR) is 90.0 cm³/mol. The average molecular weight is 299 g/mol. The van der Waals surface area contributed by atoms with E-state index in [0.29, 0.717) is 6.54 Å². The van der Waals surface area contributed by atoms with Gasteiger partial charge in [0, 0.05) is 42.5 Å². The van der Waals surface area contributed by atoms with Crippen LogP contribution in [-0.2, 0) is 6.54 Å². The zero-order chi connectivity index (χ0) is 14.5. The Morgan fingerprint density at radius 2 is 1.71 bits per heavy atom. The van der Waals surface area contributed by atoms with Crippen LogP contribution in [0.5, 0.6) is 0 Å². The normalized spacial score (nSPS) is 15.2. The molecule has 0 amide bonds. The number of nitrogens with zero attached hydrogens (tertiary/aromatic N) is 1. The van der Waals surface area contributed by atoms with Gasteiger partial charge in [0.1, 0.15) is 0 Å². The Labute approximate surface area is 130 Å². The Bertz CT molecular complexity index is 577. The lowest BCUT2D eigenvalue weighted by Crippen LogP contribution is -2.43. The minimum atomic E-state index is 0.600. The van der Waals surface area contributed by atoms with E-state index in [1.807, 2.05) is 11.8 Å². The first-order valence-corrected chi connectivity index (χ1v) is 8.20. The molecule has 1 aliphatic heterocycles. The zero-order valence-electron chi connectivity index (χ0n) is 12.1. The van der Waals surface area contributed by atoms with Crippen LogP contribution < -0.4 is 16.0 Å². The highest BCUT2D eigenvalue weighted by atomic mass is 32.2. The van der Waals surface area contributed by atoms with Crippen molar-refractivity contribution >= 4 is 17.4 Å². The number of para-hydroxylation sites is 1. The van der Waals surface area contributed by atoms with Crippen molar-refractivity contribution in [3.8, 4) is 0 Å². The van der Waals surface area contributed by atoms with Crippen LogP contribution >= 0.6 is 11.8 Å². The third-order valence-corrected chi connectivity index (χ3v) is 4.78. The van der Waals surface area contributed by atoms with Gasteiger partial charge >= 0.3 is 0 Å². The molecule has 0 aromatic heterocycles. The van der Waals surface area contributed by atoms with Crippen LogP contribution in [0.25, 0.3) is 0 Å². The molecule has 21 heavy (non-hydrogen) atoms. The zero-order valence-corrected chi connectivity index (χ0v) is 12.9. The van der Waals surface area contributed by atoms with Gasteiger partial charge in [0.2, 0.25) is 0 Å². The van der Waals surface area contributed by atoms with E-state index in [-0.39, 0.29) is 0 Å². The Balaban J connectivity index is 1.80. The molecule has 1 saturated heterocycles. The summed E-state index contributed by atoms with van der Waals surface area (Å²) < 4.78 is 0. The number of piperazine rings is 1. The first kappa shape index (κ1) is 14.4. The molecule has 3 nitrogen and oxygen atoms in total. The van der Waals surface area contributed by atoms with Crippen LogP contribution in [0.15, 0.2) is 58.3 Å². The van der Waals surface area contributed by atoms with Crippen molar-refractivity contribution < 1.29 is 0 Å². The minimum Gasteiger partial charge on any atom is -0.368 e. The fraction of sp³-hybridized carbons (Fsp3) is 0.294. The molecular formula is C17H21N3S. The lowest BCUT2D eigenvalue weighted by Gasteiger charge is -2.31. The average Bonchev–Trinajstić information content (AvgIpc) is 2.57. The summed E-state index contributed by atoms with van der Waals surface area (Å²) in [5, 5.41) is 3.41. The summed E-state index contributed by atoms with van der Waals surface area (Å²) in [6.45, 7) is 4.87. The molecule has 110 valence electrons. The highest BCUT2D eigenvalue weighted by Crippen LogP contribution is 2.35. The van der Waals surface area contributed by atoms with Crippen LogP contribution in [0.3, 0.4) is 0 Å². The molecule has 0 atom stereocenters. The van der Waals surface area contributed by atoms with Crippen molar-refractivity contribution in [2.24, 2.45) is 5.73 Å². The number of nitrogens with one attached hydrogen (secondary N) is 1. The van der Waals surface area contributed by atoms with E-state index in [1.165, 1.54) is 21.0 Å². The second-order valence-electron chi connectivity index (χ2n) is 5.15. The summed E-state index contributed by atoms with van der Waals surface area (Å²) in [5.41, 5.74) is 8.17. The van der Waals surface area contributed by atoms with Crippen molar-refractivity contribution in [1.82, 2.24) is 5.32 Å². The second-order valence-corrected chi connectivity index (χ2v) is 6.27. The summed E-state index contributed by atoms with van der Waals surface area (Å²) in [7, 11) is 0. The van der Waals surface area contributed by atoms with E-state index >= 15 is 0 Å². The molecule has 2 aromatic rings. The van der Waals surface area contributed by atoms with Crippen molar-refractivity contribution in [3.05, 3.63) is 54.1 Å². The number of anilines is 1. The van der Waals surface area contributed by atoms with Crippen molar-refractivity contribution in [1.29, 1.82) is 0 Å². The van der Waals surface area contributed by atoms with Gasteiger partial charge in [-0.1, -0.05) is 36.0 Å². The summed E-state index contributed by atoms with van der Waals surface area (Å²) in [6.07, 6.45) is 0. The lowest BCUT2D eigenvalue weighted by atomic mass is 10.2. The molecule has 0 unspecified atom stereocenters. The highest BCUT2D eigenvalue weighted by Gasteiger charge is 2.14. The number of nitrogens with two attached hydrogens (primary N) is 1. The smallest absolute Gasteiger partial charge is 0.0508 e. The highest BCUT2D eigenvalue weighted by molar-refractivity contribution is 7.99. The maximum atomic E-state index is 5.65. The molecule has 3 N–H and O–H groups in total. The Kier molecular flexibility index (Phi) is 4.80. The molecule has 2 aromatic carbocycles. The van der Waals surface area contributed by atoms with Gasteiger partial charge in [-0.25, -0.2) is 0 Å². The van der Waals surface area contributed by atoms with E-state index in [0.717, 1.165) is 26.2 Å². The third-order valence-electron chi connectivity index (χ3n) is 3.71. The third kappa shape index (κ3) is 3.59. The summed E-state index contributed by atoms with van der Waals surface area (Å²) in [6, 6.07) is 17.2. The van der Waals surface area contributed by atoms with Crippen LogP contribution in [0.2, 0.25) is 0 Å². The standard InChI is InChI=1S/C17H21N3S/c18-13-14-5-7-15(8-6-14)21-17-4-2-1-3-16(17)20-11-9-19-10-12-20/h1-8,19H,9-13,18H2. The molecule has 0 saturated carbocycles.